The van der Waals surface area contributed by atoms with Gasteiger partial charge in [-0.1, -0.05) is 20.3 Å². The second-order valence-electron chi connectivity index (χ2n) is 9.12. The molecule has 2 rings (SSSR count). The van der Waals surface area contributed by atoms with Crippen LogP contribution in [0.5, 0.6) is 0 Å². The predicted octanol–water partition coefficient (Wildman–Crippen LogP) is -0.117. The summed E-state index contributed by atoms with van der Waals surface area (Å²) < 4.78 is 0. The molecule has 0 aromatic carbocycles. The van der Waals surface area contributed by atoms with Gasteiger partial charge in [-0.2, -0.15) is 24.4 Å². The van der Waals surface area contributed by atoms with Crippen LogP contribution in [0, 0.1) is 5.41 Å². The van der Waals surface area contributed by atoms with Crippen molar-refractivity contribution in [3.05, 3.63) is 0 Å². The van der Waals surface area contributed by atoms with Crippen molar-refractivity contribution in [2.45, 2.75) is 69.4 Å². The zero-order valence-corrected chi connectivity index (χ0v) is 20.9. The fourth-order valence-electron chi connectivity index (χ4n) is 3.82. The number of hydrogen-bond donors (Lipinski definition) is 6. The number of aliphatic hydroxyl groups excluding tert-OH is 2. The molecule has 0 aliphatic carbocycles. The van der Waals surface area contributed by atoms with Crippen molar-refractivity contribution in [2.75, 3.05) is 31.2 Å². The van der Waals surface area contributed by atoms with E-state index >= 15 is 0 Å². The van der Waals surface area contributed by atoms with Crippen molar-refractivity contribution in [1.29, 1.82) is 0 Å². The first-order valence-corrected chi connectivity index (χ1v) is 13.0. The maximum atomic E-state index is 12.9. The molecule has 5 amide bonds. The highest BCUT2D eigenvalue weighted by Crippen LogP contribution is 2.33. The summed E-state index contributed by atoms with van der Waals surface area (Å²) in [5.41, 5.74) is -1.13. The van der Waals surface area contributed by atoms with Gasteiger partial charge >= 0.3 is 6.03 Å². The first-order valence-electron chi connectivity index (χ1n) is 11.3. The predicted molar refractivity (Wildman–Crippen MR) is 129 cm³/mol. The second kappa shape index (κ2) is 12.8. The molecular weight excluding hydrogens is 468 g/mol. The molecule has 0 saturated carbocycles. The minimum absolute atomic E-state index is 0.0774. The summed E-state index contributed by atoms with van der Waals surface area (Å²) in [4.78, 5) is 50.1. The monoisotopic (exact) mass is 504 g/mol. The van der Waals surface area contributed by atoms with Crippen LogP contribution in [-0.2, 0) is 14.4 Å². The van der Waals surface area contributed by atoms with Gasteiger partial charge in [0, 0.05) is 48.1 Å². The summed E-state index contributed by atoms with van der Waals surface area (Å²) in [7, 11) is 0. The number of fused-ring (bicyclic) bond motifs is 1. The van der Waals surface area contributed by atoms with Gasteiger partial charge in [-0.3, -0.25) is 19.3 Å². The van der Waals surface area contributed by atoms with E-state index in [-0.39, 0.29) is 48.7 Å². The van der Waals surface area contributed by atoms with Gasteiger partial charge in [-0.25, -0.2) is 4.79 Å². The van der Waals surface area contributed by atoms with Gasteiger partial charge in [0.15, 0.2) is 0 Å². The third-order valence-corrected chi connectivity index (χ3v) is 7.74. The van der Waals surface area contributed by atoms with Crippen LogP contribution in [0.25, 0.3) is 0 Å². The van der Waals surface area contributed by atoms with Gasteiger partial charge in [0.05, 0.1) is 18.7 Å². The molecule has 2 aliphatic rings. The number of rotatable bonds is 13. The Labute approximate surface area is 204 Å². The second-order valence-corrected chi connectivity index (χ2v) is 10.8. The van der Waals surface area contributed by atoms with Crippen LogP contribution in [0.4, 0.5) is 4.79 Å². The number of nitrogens with one attached hydrogen (secondary N) is 3. The van der Waals surface area contributed by atoms with Crippen LogP contribution in [-0.4, -0.2) is 93.5 Å². The maximum absolute atomic E-state index is 12.9. The number of carbonyl (C=O) groups is 4. The minimum Gasteiger partial charge on any atom is -0.396 e. The number of hydrogen-bond acceptors (Lipinski definition) is 8. The number of unbranched alkanes of at least 4 members (excludes halogenated alkanes) is 1. The molecule has 2 saturated heterocycles. The summed E-state index contributed by atoms with van der Waals surface area (Å²) in [6.07, 6.45) is 0.582. The van der Waals surface area contributed by atoms with Crippen molar-refractivity contribution < 1.29 is 29.4 Å². The highest BCUT2D eigenvalue weighted by atomic mass is 32.2. The highest BCUT2D eigenvalue weighted by molar-refractivity contribution is 8.00. The van der Waals surface area contributed by atoms with Crippen LogP contribution < -0.4 is 16.0 Å². The topological polar surface area (TPSA) is 148 Å². The van der Waals surface area contributed by atoms with E-state index in [9.17, 15) is 29.4 Å². The summed E-state index contributed by atoms with van der Waals surface area (Å²) >= 11 is 5.83. The summed E-state index contributed by atoms with van der Waals surface area (Å²) in [6, 6.07) is 0.109. The lowest BCUT2D eigenvalue weighted by Gasteiger charge is -2.31. The number of thioether (sulfide) groups is 1. The number of aliphatic hydroxyl groups is 2. The van der Waals surface area contributed by atoms with E-state index in [1.54, 1.807) is 11.8 Å². The molecule has 0 bridgehead atoms. The van der Waals surface area contributed by atoms with E-state index in [4.69, 9.17) is 0 Å². The van der Waals surface area contributed by atoms with E-state index in [0.717, 1.165) is 23.5 Å². The Morgan fingerprint density at radius 2 is 2.00 bits per heavy atom. The van der Waals surface area contributed by atoms with Crippen molar-refractivity contribution in [3.8, 4) is 0 Å². The van der Waals surface area contributed by atoms with Crippen LogP contribution >= 0.6 is 24.4 Å². The number of nitrogens with zero attached hydrogens (tertiary/aromatic N) is 1. The van der Waals surface area contributed by atoms with Gasteiger partial charge in [-0.15, -0.1) is 0 Å². The molecule has 12 heteroatoms. The van der Waals surface area contributed by atoms with E-state index in [2.05, 4.69) is 28.6 Å². The SMILES string of the molecule is CC(C)(CO)[C@@H](O)C(=O)N(CCC(=O)NCCS)C(=O)CCCC[C@@H]1SC[C@@H]2NC(=O)N[C@@H]21. The Bertz CT molecular complexity index is 723. The van der Waals surface area contributed by atoms with Gasteiger partial charge in [0.1, 0.15) is 6.10 Å². The van der Waals surface area contributed by atoms with Crippen LogP contribution in [0.2, 0.25) is 0 Å². The number of amides is 5. The molecule has 0 spiro atoms. The highest BCUT2D eigenvalue weighted by Gasteiger charge is 2.42. The average molecular weight is 505 g/mol. The van der Waals surface area contributed by atoms with E-state index in [1.165, 1.54) is 13.8 Å². The zero-order chi connectivity index (χ0) is 24.6. The van der Waals surface area contributed by atoms with Crippen LogP contribution in [0.15, 0.2) is 0 Å². The lowest BCUT2D eigenvalue weighted by molar-refractivity contribution is -0.156. The van der Waals surface area contributed by atoms with Gasteiger partial charge in [-0.05, 0) is 12.8 Å². The lowest BCUT2D eigenvalue weighted by Crippen LogP contribution is -2.50. The Balaban J connectivity index is 1.89. The Kier molecular flexibility index (Phi) is 10.8. The molecule has 0 radical (unpaired) electrons. The van der Waals surface area contributed by atoms with Gasteiger partial charge < -0.3 is 26.2 Å². The molecule has 4 atom stereocenters. The fourth-order valence-corrected chi connectivity index (χ4v) is 5.48. The van der Waals surface area contributed by atoms with Crippen LogP contribution in [0.3, 0.4) is 0 Å². The molecular formula is C21H36N4O6S2. The Hall–Kier alpha value is -1.50. The van der Waals surface area contributed by atoms with Crippen molar-refractivity contribution in [3.63, 3.8) is 0 Å². The first-order chi connectivity index (χ1) is 15.6. The molecule has 0 aromatic rings. The third kappa shape index (κ3) is 7.76. The van der Waals surface area contributed by atoms with Crippen molar-refractivity contribution in [2.24, 2.45) is 5.41 Å². The molecule has 2 heterocycles. The van der Waals surface area contributed by atoms with Gasteiger partial charge in [0.25, 0.3) is 5.91 Å². The normalized spacial score (nSPS) is 22.8. The Morgan fingerprint density at radius 3 is 2.67 bits per heavy atom. The molecule has 2 fully saturated rings. The molecule has 0 unspecified atom stereocenters. The first kappa shape index (κ1) is 27.7. The molecule has 0 aromatic heterocycles. The lowest BCUT2D eigenvalue weighted by atomic mass is 9.86. The summed E-state index contributed by atoms with van der Waals surface area (Å²) in [5, 5.41) is 28.7. The number of thiol groups is 1. The molecule has 33 heavy (non-hydrogen) atoms. The molecule has 188 valence electrons. The summed E-state index contributed by atoms with van der Waals surface area (Å²) in [5.74, 6) is -0.247. The third-order valence-electron chi connectivity index (χ3n) is 6.01. The quantitative estimate of drug-likeness (QED) is 0.116. The van der Waals surface area contributed by atoms with Crippen molar-refractivity contribution >= 4 is 48.1 Å². The van der Waals surface area contributed by atoms with E-state index in [1.807, 2.05) is 0 Å². The summed E-state index contributed by atoms with van der Waals surface area (Å²) in [6.45, 7) is 2.86. The molecule has 2 aliphatic heterocycles. The molecule has 5 N–H and O–H groups in total. The number of imide groups is 1. The minimum atomic E-state index is -1.57. The number of carbonyl (C=O) groups excluding carboxylic acids is 4. The maximum Gasteiger partial charge on any atom is 0.315 e. The van der Waals surface area contributed by atoms with E-state index < -0.39 is 29.9 Å². The smallest absolute Gasteiger partial charge is 0.315 e. The average Bonchev–Trinajstić information content (AvgIpc) is 3.33. The Morgan fingerprint density at radius 1 is 1.27 bits per heavy atom. The van der Waals surface area contributed by atoms with Crippen molar-refractivity contribution in [1.82, 2.24) is 20.9 Å². The molecule has 10 nitrogen and oxygen atoms in total. The van der Waals surface area contributed by atoms with E-state index in [0.29, 0.717) is 18.7 Å². The van der Waals surface area contributed by atoms with Gasteiger partial charge in [0.2, 0.25) is 11.8 Å². The number of urea groups is 1. The standard InChI is InChI=1S/C21H36N4O6S2/c1-21(2,12-26)18(29)19(30)25(9-7-15(27)22-8-10-32)16(28)6-4-3-5-14-17-13(11-33-14)23-20(31)24-17/h13-14,17-18,26,29,32H,3-12H2,1-2H3,(H,22,27)(H2,23,24,31)/t13-,14-,17-,18-/m0/s1. The zero-order valence-electron chi connectivity index (χ0n) is 19.2. The largest absolute Gasteiger partial charge is 0.396 e. The fraction of sp³-hybridized carbons (Fsp3) is 0.810. The van der Waals surface area contributed by atoms with Crippen LogP contribution in [0.1, 0.15) is 46.0 Å².